The van der Waals surface area contributed by atoms with Crippen molar-refractivity contribution in [1.29, 1.82) is 0 Å². The zero-order valence-corrected chi connectivity index (χ0v) is 14.4. The zero-order chi connectivity index (χ0) is 15.4. The van der Waals surface area contributed by atoms with Crippen molar-refractivity contribution in [3.8, 4) is 0 Å². The highest BCUT2D eigenvalue weighted by Crippen LogP contribution is 2.27. The molecule has 0 spiro atoms. The summed E-state index contributed by atoms with van der Waals surface area (Å²) in [6.45, 7) is 5.70. The third-order valence-corrected chi connectivity index (χ3v) is 5.50. The van der Waals surface area contributed by atoms with Crippen LogP contribution in [0, 0.1) is 11.8 Å². The van der Waals surface area contributed by atoms with Crippen molar-refractivity contribution < 1.29 is 4.79 Å². The Bertz CT molecular complexity index is 473. The summed E-state index contributed by atoms with van der Waals surface area (Å²) in [5.41, 5.74) is 7.44. The van der Waals surface area contributed by atoms with Crippen LogP contribution in [0.4, 0.5) is 0 Å². The van der Waals surface area contributed by atoms with Gasteiger partial charge in [-0.3, -0.25) is 4.79 Å². The van der Waals surface area contributed by atoms with Crippen LogP contribution in [0.25, 0.3) is 0 Å². The first-order valence-corrected chi connectivity index (χ1v) is 9.06. The first-order chi connectivity index (χ1) is 10.0. The van der Waals surface area contributed by atoms with Crippen LogP contribution in [0.5, 0.6) is 0 Å². The highest BCUT2D eigenvalue weighted by Gasteiger charge is 2.30. The topological polar surface area (TPSA) is 46.3 Å². The Morgan fingerprint density at radius 2 is 2.19 bits per heavy atom. The normalized spacial score (nSPS) is 22.8. The van der Waals surface area contributed by atoms with Crippen molar-refractivity contribution in [3.63, 3.8) is 0 Å². The summed E-state index contributed by atoms with van der Waals surface area (Å²) in [5.74, 6) is 0.868. The third kappa shape index (κ3) is 4.44. The molecule has 2 atom stereocenters. The maximum absolute atomic E-state index is 12.6. The van der Waals surface area contributed by atoms with Gasteiger partial charge < -0.3 is 10.6 Å². The molecule has 0 aliphatic carbocycles. The molecule has 1 aliphatic heterocycles. The molecule has 1 fully saturated rings. The summed E-state index contributed by atoms with van der Waals surface area (Å²) in [6.07, 6.45) is 3.77. The van der Waals surface area contributed by atoms with Gasteiger partial charge in [-0.25, -0.2) is 0 Å². The summed E-state index contributed by atoms with van der Waals surface area (Å²) in [7, 11) is 0. The Kier molecular flexibility index (Phi) is 6.08. The molecule has 21 heavy (non-hydrogen) atoms. The molecule has 0 bridgehead atoms. The predicted molar refractivity (Wildman–Crippen MR) is 89.8 cm³/mol. The van der Waals surface area contributed by atoms with Gasteiger partial charge in [-0.1, -0.05) is 25.4 Å². The van der Waals surface area contributed by atoms with Crippen LogP contribution < -0.4 is 5.73 Å². The third-order valence-electron chi connectivity index (χ3n) is 4.36. The predicted octanol–water partition coefficient (Wildman–Crippen LogP) is 3.56. The largest absolute Gasteiger partial charge is 0.341 e. The smallest absolute Gasteiger partial charge is 0.225 e. The molecule has 0 radical (unpaired) electrons. The summed E-state index contributed by atoms with van der Waals surface area (Å²) >= 11 is 7.56. The van der Waals surface area contributed by atoms with E-state index in [9.17, 15) is 4.79 Å². The number of halogens is 1. The van der Waals surface area contributed by atoms with Crippen molar-refractivity contribution in [2.24, 2.45) is 17.6 Å². The van der Waals surface area contributed by atoms with Gasteiger partial charge >= 0.3 is 0 Å². The number of nitrogens with two attached hydrogens (primary N) is 1. The van der Waals surface area contributed by atoms with Gasteiger partial charge in [0.15, 0.2) is 0 Å². The lowest BCUT2D eigenvalue weighted by Gasteiger charge is -2.38. The van der Waals surface area contributed by atoms with E-state index in [4.69, 9.17) is 17.3 Å². The molecular weight excluding hydrogens is 304 g/mol. The fraction of sp³-hybridized carbons (Fsp3) is 0.688. The highest BCUT2D eigenvalue weighted by atomic mass is 35.5. The molecule has 0 aromatic carbocycles. The monoisotopic (exact) mass is 328 g/mol. The van der Waals surface area contributed by atoms with Gasteiger partial charge in [-0.15, -0.1) is 11.3 Å². The molecule has 2 rings (SSSR count). The number of thiophene rings is 1. The van der Waals surface area contributed by atoms with Crippen LogP contribution in [-0.2, 0) is 11.2 Å². The lowest BCUT2D eigenvalue weighted by molar-refractivity contribution is -0.138. The maximum atomic E-state index is 12.6. The highest BCUT2D eigenvalue weighted by molar-refractivity contribution is 7.14. The molecule has 3 nitrogen and oxygen atoms in total. The van der Waals surface area contributed by atoms with Crippen molar-refractivity contribution in [2.45, 2.75) is 45.6 Å². The SMILES string of the molecule is CCC(CC)C(=O)N1CC(N)CC(Cc2csc(Cl)c2)C1. The van der Waals surface area contributed by atoms with E-state index in [1.54, 1.807) is 11.3 Å². The second-order valence-corrected chi connectivity index (χ2v) is 7.62. The molecule has 2 N–H and O–H groups in total. The van der Waals surface area contributed by atoms with Gasteiger partial charge in [0.1, 0.15) is 0 Å². The van der Waals surface area contributed by atoms with Crippen LogP contribution >= 0.6 is 22.9 Å². The van der Waals surface area contributed by atoms with E-state index in [1.165, 1.54) is 5.56 Å². The fourth-order valence-corrected chi connectivity index (χ4v) is 4.18. The average Bonchev–Trinajstić information content (AvgIpc) is 2.84. The molecule has 1 saturated heterocycles. The van der Waals surface area contributed by atoms with E-state index < -0.39 is 0 Å². The van der Waals surface area contributed by atoms with Crippen LogP contribution in [-0.4, -0.2) is 29.9 Å². The second kappa shape index (κ2) is 7.61. The minimum Gasteiger partial charge on any atom is -0.341 e. The van der Waals surface area contributed by atoms with Gasteiger partial charge in [-0.2, -0.15) is 0 Å². The first-order valence-electron chi connectivity index (χ1n) is 7.80. The number of hydrogen-bond acceptors (Lipinski definition) is 3. The summed E-state index contributed by atoms with van der Waals surface area (Å²) in [6, 6.07) is 2.12. The summed E-state index contributed by atoms with van der Waals surface area (Å²) < 4.78 is 0.829. The van der Waals surface area contributed by atoms with Crippen molar-refractivity contribution >= 4 is 28.8 Å². The maximum Gasteiger partial charge on any atom is 0.225 e. The van der Waals surface area contributed by atoms with Gasteiger partial charge in [0, 0.05) is 25.0 Å². The summed E-state index contributed by atoms with van der Waals surface area (Å²) in [5, 5.41) is 2.11. The minimum atomic E-state index is 0.0937. The molecular formula is C16H25ClN2OS. The number of likely N-dealkylation sites (tertiary alicyclic amines) is 1. The Balaban J connectivity index is 2.00. The Labute approximate surface area is 136 Å². The molecule has 118 valence electrons. The Hall–Kier alpha value is -0.580. The quantitative estimate of drug-likeness (QED) is 0.898. The molecule has 2 unspecified atom stereocenters. The summed E-state index contributed by atoms with van der Waals surface area (Å²) in [4.78, 5) is 14.5. The molecule has 0 saturated carbocycles. The van der Waals surface area contributed by atoms with E-state index in [0.29, 0.717) is 12.5 Å². The van der Waals surface area contributed by atoms with Crippen LogP contribution in [0.3, 0.4) is 0 Å². The van der Waals surface area contributed by atoms with Gasteiger partial charge in [0.05, 0.1) is 4.34 Å². The second-order valence-electron chi connectivity index (χ2n) is 6.08. The number of hydrogen-bond donors (Lipinski definition) is 1. The fourth-order valence-electron chi connectivity index (χ4n) is 3.26. The lowest BCUT2D eigenvalue weighted by Crippen LogP contribution is -2.51. The van der Waals surface area contributed by atoms with Gasteiger partial charge in [-0.05, 0) is 48.6 Å². The molecule has 1 aliphatic rings. The van der Waals surface area contributed by atoms with E-state index >= 15 is 0 Å². The number of nitrogens with zero attached hydrogens (tertiary/aromatic N) is 1. The molecule has 2 heterocycles. The molecule has 5 heteroatoms. The minimum absolute atomic E-state index is 0.0937. The molecule has 1 aromatic rings. The molecule has 1 aromatic heterocycles. The molecule has 1 amide bonds. The standard InChI is InChI=1S/C16H25ClN2OS/c1-3-13(4-2)16(20)19-8-11(6-14(18)9-19)5-12-7-15(17)21-10-12/h7,10-11,13-14H,3-6,8-9,18H2,1-2H3. The number of rotatable bonds is 5. The van der Waals surface area contributed by atoms with Gasteiger partial charge in [0.2, 0.25) is 5.91 Å². The van der Waals surface area contributed by atoms with E-state index in [1.807, 2.05) is 11.0 Å². The van der Waals surface area contributed by atoms with Crippen molar-refractivity contribution in [1.82, 2.24) is 4.90 Å². The van der Waals surface area contributed by atoms with Crippen LogP contribution in [0.15, 0.2) is 11.4 Å². The zero-order valence-electron chi connectivity index (χ0n) is 12.8. The van der Waals surface area contributed by atoms with Crippen LogP contribution in [0.1, 0.15) is 38.7 Å². The van der Waals surface area contributed by atoms with Crippen molar-refractivity contribution in [2.75, 3.05) is 13.1 Å². The number of carbonyl (C=O) groups is 1. The number of carbonyl (C=O) groups excluding carboxylic acids is 1. The van der Waals surface area contributed by atoms with E-state index in [-0.39, 0.29) is 17.9 Å². The van der Waals surface area contributed by atoms with Crippen molar-refractivity contribution in [3.05, 3.63) is 21.3 Å². The number of piperidine rings is 1. The first kappa shape index (κ1) is 16.8. The average molecular weight is 329 g/mol. The lowest BCUT2D eigenvalue weighted by atomic mass is 9.88. The van der Waals surface area contributed by atoms with Gasteiger partial charge in [0.25, 0.3) is 0 Å². The van der Waals surface area contributed by atoms with E-state index in [2.05, 4.69) is 19.2 Å². The van der Waals surface area contributed by atoms with Crippen LogP contribution in [0.2, 0.25) is 4.34 Å². The van der Waals surface area contributed by atoms with E-state index in [0.717, 1.165) is 36.6 Å². The number of amides is 1. The Morgan fingerprint density at radius 3 is 2.76 bits per heavy atom. The Morgan fingerprint density at radius 1 is 1.48 bits per heavy atom.